The van der Waals surface area contributed by atoms with Crippen LogP contribution in [0, 0.1) is 6.33 Å². The molecular formula is C60H39N5O. The molecule has 0 aliphatic rings. The molecule has 0 radical (unpaired) electrons. The first-order chi connectivity index (χ1) is 36.9. The third-order valence-electron chi connectivity index (χ3n) is 12.1. The Morgan fingerprint density at radius 2 is 1.02 bits per heavy atom. The van der Waals surface area contributed by atoms with E-state index < -0.39 is 60.4 Å². The molecule has 310 valence electrons. The smallest absolute Gasteiger partial charge is 0.269 e. The van der Waals surface area contributed by atoms with Crippen molar-refractivity contribution in [2.45, 2.75) is 0 Å². The highest BCUT2D eigenvalue weighted by Crippen LogP contribution is 2.38. The first kappa shape index (κ1) is 28.6. The highest BCUT2D eigenvalue weighted by atomic mass is 16.5. The van der Waals surface area contributed by atoms with Gasteiger partial charge in [0.2, 0.25) is 0 Å². The van der Waals surface area contributed by atoms with E-state index in [1.54, 1.807) is 27.3 Å². The van der Waals surface area contributed by atoms with Gasteiger partial charge in [0.25, 0.3) is 6.33 Å². The van der Waals surface area contributed by atoms with E-state index in [2.05, 4.69) is 88.3 Å². The Kier molecular flexibility index (Phi) is 6.67. The van der Waals surface area contributed by atoms with Gasteiger partial charge >= 0.3 is 0 Å². The standard InChI is InChI=1S/C60H39N5O/c1-3-17-41(18-4-1)47-26-16-27-48(42-19-5-2-6-20-42)60(47)63-40-62(56-31-13-14-32-57(56)63)43-21-15-22-45(37-43)66-46-34-35-52-51-25-9-12-30-55(51)65(58(52)38-46)59-36-33-44(39-61-59)64-53-28-10-7-23-49(53)50-24-8-11-29-54(50)64/h1-39H/i1D,2D,3D,4D,5D,6D,17D,18D,19D,20D. The Morgan fingerprint density at radius 1 is 0.455 bits per heavy atom. The molecule has 6 nitrogen and oxygen atoms in total. The second-order valence-corrected chi connectivity index (χ2v) is 15.8. The van der Waals surface area contributed by atoms with Crippen molar-refractivity contribution in [1.82, 2.24) is 18.7 Å². The molecule has 66 heavy (non-hydrogen) atoms. The minimum atomic E-state index is -0.569. The zero-order chi connectivity index (χ0) is 52.3. The molecule has 13 aromatic rings. The lowest BCUT2D eigenvalue weighted by molar-refractivity contribution is -0.571. The average Bonchev–Trinajstić information content (AvgIpc) is 4.16. The van der Waals surface area contributed by atoms with Gasteiger partial charge in [0.1, 0.15) is 17.3 Å². The van der Waals surface area contributed by atoms with Crippen LogP contribution >= 0.6 is 0 Å². The number of benzene rings is 9. The Hall–Kier alpha value is -9.00. The fourth-order valence-electron chi connectivity index (χ4n) is 9.30. The van der Waals surface area contributed by atoms with Crippen molar-refractivity contribution >= 4 is 54.6 Å². The van der Waals surface area contributed by atoms with Gasteiger partial charge in [0.15, 0.2) is 0 Å². The van der Waals surface area contributed by atoms with Crippen molar-refractivity contribution in [1.29, 1.82) is 0 Å². The van der Waals surface area contributed by atoms with Gasteiger partial charge in [-0.1, -0.05) is 164 Å². The minimum Gasteiger partial charge on any atom is -0.458 e. The van der Waals surface area contributed by atoms with Gasteiger partial charge in [-0.05, 0) is 82.9 Å². The molecule has 6 heteroatoms. The maximum atomic E-state index is 9.04. The summed E-state index contributed by atoms with van der Waals surface area (Å²) in [6.07, 6.45) is 5.36. The van der Waals surface area contributed by atoms with Crippen LogP contribution in [0.2, 0.25) is 0 Å². The van der Waals surface area contributed by atoms with Crippen LogP contribution in [0.1, 0.15) is 13.7 Å². The van der Waals surface area contributed by atoms with Gasteiger partial charge in [-0.2, -0.15) is 0 Å². The molecule has 4 heterocycles. The lowest BCUT2D eigenvalue weighted by atomic mass is 9.95. The maximum absolute atomic E-state index is 9.04. The number of ether oxygens (including phenoxy) is 1. The van der Waals surface area contributed by atoms with Crippen LogP contribution in [0.25, 0.3) is 99.8 Å². The number of nitrogens with zero attached hydrogens (tertiary/aromatic N) is 5. The second kappa shape index (κ2) is 15.4. The summed E-state index contributed by atoms with van der Waals surface area (Å²) in [7, 11) is 0. The van der Waals surface area contributed by atoms with Crippen LogP contribution in [0.5, 0.6) is 11.5 Å². The van der Waals surface area contributed by atoms with Gasteiger partial charge in [-0.25, -0.2) is 4.98 Å². The summed E-state index contributed by atoms with van der Waals surface area (Å²) in [5.41, 5.74) is 7.07. The number of para-hydroxylation sites is 6. The summed E-state index contributed by atoms with van der Waals surface area (Å²) in [6.45, 7) is 0. The molecule has 4 aromatic heterocycles. The van der Waals surface area contributed by atoms with Gasteiger partial charge in [-0.15, -0.1) is 0 Å². The maximum Gasteiger partial charge on any atom is 0.269 e. The van der Waals surface area contributed by atoms with E-state index in [0.717, 1.165) is 44.3 Å². The molecule has 0 aliphatic heterocycles. The van der Waals surface area contributed by atoms with Crippen LogP contribution < -0.4 is 9.30 Å². The molecule has 0 fully saturated rings. The summed E-state index contributed by atoms with van der Waals surface area (Å²) in [6, 6.07) is 49.5. The molecule has 0 amide bonds. The number of hydrogen-bond acceptors (Lipinski definition) is 2. The molecule has 0 unspecified atom stereocenters. The molecule has 0 saturated carbocycles. The Bertz CT molecular complexity index is 4380. The van der Waals surface area contributed by atoms with Crippen LogP contribution in [-0.4, -0.2) is 18.7 Å². The first-order valence-electron chi connectivity index (χ1n) is 26.4. The van der Waals surface area contributed by atoms with Crippen LogP contribution in [0.4, 0.5) is 0 Å². The summed E-state index contributed by atoms with van der Waals surface area (Å²) in [4.78, 5) is 5.09. The number of fused-ring (bicyclic) bond motifs is 7. The van der Waals surface area contributed by atoms with E-state index in [1.165, 1.54) is 10.8 Å². The third-order valence-corrected chi connectivity index (χ3v) is 12.1. The van der Waals surface area contributed by atoms with Crippen molar-refractivity contribution in [2.75, 3.05) is 0 Å². The fraction of sp³-hybridized carbons (Fsp3) is 0. The van der Waals surface area contributed by atoms with Crippen molar-refractivity contribution in [3.8, 4) is 56.6 Å². The molecule has 9 aromatic carbocycles. The predicted molar refractivity (Wildman–Crippen MR) is 268 cm³/mol. The quantitative estimate of drug-likeness (QED) is 0.113. The lowest BCUT2D eigenvalue weighted by Gasteiger charge is -2.17. The second-order valence-electron chi connectivity index (χ2n) is 15.8. The summed E-state index contributed by atoms with van der Waals surface area (Å²) >= 11 is 0. The van der Waals surface area contributed by atoms with Crippen LogP contribution in [0.3, 0.4) is 0 Å². The highest BCUT2D eigenvalue weighted by Gasteiger charge is 2.21. The Morgan fingerprint density at radius 3 is 1.65 bits per heavy atom. The molecule has 0 saturated heterocycles. The summed E-state index contributed by atoms with van der Waals surface area (Å²) < 4.78 is 102. The molecule has 0 atom stereocenters. The highest BCUT2D eigenvalue weighted by molar-refractivity contribution is 6.10. The SMILES string of the molecule is [2H]c1c([2H])c([2H])c(-c2cccc(-c3c([2H])c([2H])c([2H])c([2H])c3[2H])c2-[n+]2[c-]n(-c3cccc(Oc4ccc5c6ccccc6n(-c6ccc(-n7c8ccccc8c8ccccc87)cn6)c5c4)c3)c3ccccc32)c([2H])c1[2H]. The topological polar surface area (TPSA) is 40.8 Å². The van der Waals surface area contributed by atoms with Crippen molar-refractivity contribution in [3.63, 3.8) is 0 Å². The van der Waals surface area contributed by atoms with E-state index >= 15 is 0 Å². The van der Waals surface area contributed by atoms with Gasteiger partial charge < -0.3 is 9.30 Å². The van der Waals surface area contributed by atoms with E-state index in [1.807, 2.05) is 85.1 Å². The zero-order valence-electron chi connectivity index (χ0n) is 44.9. The first-order valence-corrected chi connectivity index (χ1v) is 21.4. The van der Waals surface area contributed by atoms with Gasteiger partial charge in [-0.3, -0.25) is 13.7 Å². The molecular weight excluding hydrogens is 807 g/mol. The fourth-order valence-corrected chi connectivity index (χ4v) is 9.30. The third kappa shape index (κ3) is 6.11. The van der Waals surface area contributed by atoms with Gasteiger partial charge in [0, 0.05) is 27.6 Å². The Labute approximate surface area is 394 Å². The Balaban J connectivity index is 0.929. The van der Waals surface area contributed by atoms with Crippen molar-refractivity contribution in [2.24, 2.45) is 0 Å². The van der Waals surface area contributed by atoms with Crippen molar-refractivity contribution in [3.05, 3.63) is 243 Å². The molecule has 0 bridgehead atoms. The minimum absolute atomic E-state index is 0.133. The van der Waals surface area contributed by atoms with E-state index in [-0.39, 0.29) is 27.9 Å². The molecule has 0 N–H and O–H groups in total. The number of aromatic nitrogens is 5. The number of hydrogen-bond donors (Lipinski definition) is 0. The largest absolute Gasteiger partial charge is 0.458 e. The predicted octanol–water partition coefficient (Wildman–Crippen LogP) is 14.4. The van der Waals surface area contributed by atoms with Gasteiger partial charge in [0.05, 0.1) is 70.1 Å². The van der Waals surface area contributed by atoms with Crippen molar-refractivity contribution < 1.29 is 23.0 Å². The summed E-state index contributed by atoms with van der Waals surface area (Å²) in [5.74, 6) is 1.81. The zero-order valence-corrected chi connectivity index (χ0v) is 34.9. The number of rotatable bonds is 8. The normalized spacial score (nSPS) is 13.8. The average molecular weight is 856 g/mol. The molecule has 0 spiro atoms. The summed E-state index contributed by atoms with van der Waals surface area (Å²) in [5, 5.41) is 4.43. The van der Waals surface area contributed by atoms with E-state index in [0.29, 0.717) is 28.2 Å². The van der Waals surface area contributed by atoms with E-state index in [4.69, 9.17) is 23.4 Å². The lowest BCUT2D eigenvalue weighted by Crippen LogP contribution is -2.31. The monoisotopic (exact) mass is 855 g/mol. The van der Waals surface area contributed by atoms with Crippen LogP contribution in [-0.2, 0) is 0 Å². The number of pyridine rings is 1. The van der Waals surface area contributed by atoms with E-state index in [9.17, 15) is 0 Å². The molecule has 0 aliphatic carbocycles. The number of imidazole rings is 1. The van der Waals surface area contributed by atoms with Crippen LogP contribution in [0.15, 0.2) is 236 Å². The molecule has 13 rings (SSSR count).